The van der Waals surface area contributed by atoms with Crippen LogP contribution in [0.25, 0.3) is 199 Å². The highest BCUT2D eigenvalue weighted by molar-refractivity contribution is 6.18. The zero-order valence-electron chi connectivity index (χ0n) is 73.8. The van der Waals surface area contributed by atoms with E-state index in [0.29, 0.717) is 66.3 Å². The van der Waals surface area contributed by atoms with Crippen LogP contribution in [0.5, 0.6) is 23.0 Å². The molecule has 0 amide bonds. The molecule has 632 valence electrons. The number of pyridine rings is 4. The van der Waals surface area contributed by atoms with Crippen molar-refractivity contribution in [2.45, 2.75) is 118 Å². The van der Waals surface area contributed by atoms with Crippen LogP contribution in [0.2, 0.25) is 0 Å². The van der Waals surface area contributed by atoms with E-state index in [2.05, 4.69) is 219 Å². The van der Waals surface area contributed by atoms with Gasteiger partial charge in [0.15, 0.2) is 6.29 Å². The molecule has 0 spiro atoms. The smallest absolute Gasteiger partial charge is 0.303 e. The van der Waals surface area contributed by atoms with E-state index in [1.165, 1.54) is 0 Å². The lowest BCUT2D eigenvalue weighted by Crippen LogP contribution is -2.11. The summed E-state index contributed by atoms with van der Waals surface area (Å²) < 4.78 is 0. The first-order valence-corrected chi connectivity index (χ1v) is 43.2. The van der Waals surface area contributed by atoms with E-state index in [4.69, 9.17) is 30.0 Å². The fourth-order valence-electron chi connectivity index (χ4n) is 17.2. The van der Waals surface area contributed by atoms with Crippen molar-refractivity contribution >= 4 is 155 Å². The van der Waals surface area contributed by atoms with Gasteiger partial charge in [-0.05, 0) is 220 Å². The van der Waals surface area contributed by atoms with Crippen molar-refractivity contribution in [1.29, 1.82) is 0 Å². The molecule has 12 bridgehead atoms. The third-order valence-electron chi connectivity index (χ3n) is 24.5. The third-order valence-corrected chi connectivity index (χ3v) is 24.5. The lowest BCUT2D eigenvalue weighted by atomic mass is 9.83. The maximum atomic E-state index is 12.4. The number of benzene rings is 12. The number of aliphatic carboxylic acids is 1. The van der Waals surface area contributed by atoms with E-state index < -0.39 is 5.97 Å². The number of carbonyl (C=O) groups excluding carboxylic acids is 1. The fraction of sp³-hybridized carbons (Fsp3) is 0.159. The number of carboxylic acid groups (broad SMARTS) is 1. The number of aromatic nitrogens is 8. The topological polar surface area (TPSA) is 247 Å². The molecule has 128 heavy (non-hydrogen) atoms. The molecule has 12 aromatic carbocycles. The molecule has 8 aromatic heterocycles. The molecule has 0 saturated carbocycles. The summed E-state index contributed by atoms with van der Waals surface area (Å²) in [6.45, 7) is 27.7. The van der Waals surface area contributed by atoms with E-state index in [-0.39, 0.29) is 51.1 Å². The van der Waals surface area contributed by atoms with Crippen LogP contribution in [0.15, 0.2) is 279 Å². The minimum Gasteiger partial charge on any atom is -0.507 e. The Morgan fingerprint density at radius 1 is 0.328 bits per heavy atom. The number of aldehydes is 1. The average Bonchev–Trinajstić information content (AvgIpc) is 1.53. The van der Waals surface area contributed by atoms with Crippen molar-refractivity contribution in [2.24, 2.45) is 0 Å². The Labute approximate surface area is 740 Å². The molecule has 8 N–H and O–H groups in total. The molecular weight excluding hydrogens is 1580 g/mol. The number of H-pyrrole nitrogens is 3. The summed E-state index contributed by atoms with van der Waals surface area (Å²) in [7, 11) is 0. The Kier molecular flexibility index (Phi) is 21.3. The van der Waals surface area contributed by atoms with Gasteiger partial charge in [0.1, 0.15) is 23.0 Å². The highest BCUT2D eigenvalue weighted by Gasteiger charge is 2.28. The standard InChI is InChI=1S/C55H44N4O2.C40H38N4O2.C15H10O.C3H6O2/c1-54(2,3)34-26-38-42-21-23-46(56-42)49(48-36-13-9-7-11-32(36)25-33-12-8-10-14-37(33)48)47-24-22-43(57-47)39-27-35(55(4,5)6)29-41(53(39)61)45-20-18-31-16-15-30-17-19-44(40(28-34)52(38)60)58-50(30)51(31)59-45;1-39(2,3)25-19-27(31-9-7-17-41-31)37(45)29(21-25)33-15-13-23-11-12-24-14-16-34(44-36(24)35(23)43-33)30-22-26(40(4,5)6)20-28(38(30)46)32-10-8-18-42-32;16-10-15-13-7-3-1-5-11(13)9-12-6-2-4-8-14(12)15;1-2-3(4)5/h7-29,56,60-61H,1-6H3;7-22,41-42,45-46H,1-6H3;1-10H;2H2,1H3,(H,4,5). The van der Waals surface area contributed by atoms with Crippen molar-refractivity contribution in [1.82, 2.24) is 39.9 Å². The third kappa shape index (κ3) is 15.7. The van der Waals surface area contributed by atoms with E-state index in [0.717, 1.165) is 166 Å². The van der Waals surface area contributed by atoms with Gasteiger partial charge in [0, 0.05) is 123 Å². The zero-order valence-corrected chi connectivity index (χ0v) is 73.8. The van der Waals surface area contributed by atoms with Crippen molar-refractivity contribution in [3.8, 4) is 79.2 Å². The van der Waals surface area contributed by atoms with Crippen LogP contribution < -0.4 is 0 Å². The van der Waals surface area contributed by atoms with Crippen LogP contribution in [0.1, 0.15) is 140 Å². The van der Waals surface area contributed by atoms with Crippen molar-refractivity contribution in [3.05, 3.63) is 319 Å². The average molecular weight is 1680 g/mol. The predicted molar refractivity (Wildman–Crippen MR) is 529 cm³/mol. The summed E-state index contributed by atoms with van der Waals surface area (Å²) in [6, 6.07) is 89.9. The molecule has 0 aliphatic carbocycles. The minimum atomic E-state index is -0.745. The van der Waals surface area contributed by atoms with Crippen LogP contribution in [-0.4, -0.2) is 77.7 Å². The first kappa shape index (κ1) is 83.5. The lowest BCUT2D eigenvalue weighted by molar-refractivity contribution is -0.136. The van der Waals surface area contributed by atoms with Crippen molar-refractivity contribution in [2.75, 3.05) is 0 Å². The van der Waals surface area contributed by atoms with Crippen molar-refractivity contribution < 1.29 is 35.1 Å². The summed E-state index contributed by atoms with van der Waals surface area (Å²) >= 11 is 0. The van der Waals surface area contributed by atoms with Gasteiger partial charge < -0.3 is 40.5 Å². The number of fused-ring (bicyclic) bond motifs is 21. The molecule has 1 aliphatic heterocycles. The van der Waals surface area contributed by atoms with Crippen LogP contribution in [0, 0.1) is 0 Å². The van der Waals surface area contributed by atoms with Crippen LogP contribution in [0.3, 0.4) is 0 Å². The number of aromatic amines is 3. The maximum absolute atomic E-state index is 12.4. The van der Waals surface area contributed by atoms with Gasteiger partial charge in [-0.2, -0.15) is 0 Å². The zero-order chi connectivity index (χ0) is 89.6. The number of carboxylic acids is 1. The number of aromatic hydroxyl groups is 4. The molecule has 9 heterocycles. The van der Waals surface area contributed by atoms with Crippen molar-refractivity contribution in [3.63, 3.8) is 0 Å². The summed E-state index contributed by atoms with van der Waals surface area (Å²) in [5, 5.41) is 70.8. The monoisotopic (exact) mass is 1680 g/mol. The van der Waals surface area contributed by atoms with Gasteiger partial charge in [0.2, 0.25) is 0 Å². The minimum absolute atomic E-state index is 0.117. The van der Waals surface area contributed by atoms with Gasteiger partial charge in [-0.1, -0.05) is 236 Å². The first-order valence-electron chi connectivity index (χ1n) is 43.2. The summed E-state index contributed by atoms with van der Waals surface area (Å²) in [5.74, 6) is -0.133. The molecule has 15 nitrogen and oxygen atoms in total. The number of phenolic OH excluding ortho intramolecular Hbond substituents is 4. The molecule has 15 heteroatoms. The quantitative estimate of drug-likeness (QED) is 0.0422. The second kappa shape index (κ2) is 32.6. The lowest BCUT2D eigenvalue weighted by Gasteiger charge is -2.22. The molecule has 0 radical (unpaired) electrons. The van der Waals surface area contributed by atoms with Crippen LogP contribution >= 0.6 is 0 Å². The van der Waals surface area contributed by atoms with Gasteiger partial charge in [0.25, 0.3) is 0 Å². The Morgan fingerprint density at radius 2 is 0.680 bits per heavy atom. The Bertz CT molecular complexity index is 7810. The van der Waals surface area contributed by atoms with E-state index in [9.17, 15) is 30.0 Å². The fourth-order valence-corrected chi connectivity index (χ4v) is 17.2. The van der Waals surface area contributed by atoms with Crippen LogP contribution in [0.4, 0.5) is 0 Å². The number of rotatable bonds is 7. The molecule has 0 unspecified atom stereocenters. The number of nitrogens with zero attached hydrogens (tertiary/aromatic N) is 5. The first-order chi connectivity index (χ1) is 61.3. The molecule has 0 atom stereocenters. The highest BCUT2D eigenvalue weighted by atomic mass is 16.4. The van der Waals surface area contributed by atoms with Gasteiger partial charge in [-0.15, -0.1) is 0 Å². The number of nitrogens with one attached hydrogen (secondary N) is 3. The van der Waals surface area contributed by atoms with Crippen LogP contribution in [-0.2, 0) is 26.5 Å². The largest absolute Gasteiger partial charge is 0.507 e. The Hall–Kier alpha value is -15.4. The van der Waals surface area contributed by atoms with E-state index >= 15 is 0 Å². The molecular formula is C113H98N8O7. The number of carbonyl (C=O) groups is 2. The molecule has 21 rings (SSSR count). The van der Waals surface area contributed by atoms with Gasteiger partial charge >= 0.3 is 5.97 Å². The Balaban J connectivity index is 0.000000144. The molecule has 0 fully saturated rings. The summed E-state index contributed by atoms with van der Waals surface area (Å²) in [6.07, 6.45) is 8.95. The number of hydrogen-bond donors (Lipinski definition) is 8. The summed E-state index contributed by atoms with van der Waals surface area (Å²) in [5.41, 5.74) is 19.3. The predicted octanol–water partition coefficient (Wildman–Crippen LogP) is 28.7. The molecule has 0 saturated heterocycles. The molecule has 1 aliphatic rings. The maximum Gasteiger partial charge on any atom is 0.303 e. The van der Waals surface area contributed by atoms with Gasteiger partial charge in [-0.25, -0.2) is 24.9 Å². The highest BCUT2D eigenvalue weighted by Crippen LogP contribution is 2.48. The number of phenols is 4. The second-order valence-electron chi connectivity index (χ2n) is 37.2. The SMILES string of the molecule is CC(C)(C)c1cc(-c2ccc3ccc4ccc(-c5cc(C(C)(C)C)cc(-c6ccc[nH]6)c5O)nc4c3n2)c(O)c(-c2ccc[nH]2)c1.CC(C)(C)c1cc2c3nc(c(-c4c5ccccc5cc5ccccc45)c4ccc([nH]4)c4cc(C(C)(C)C)cc(c4O)c4ccc5ccc6ccc(nc6c5n4)c(c1)c2O)C=C3.CCC(=O)O.O=Cc1c2ccccc2cc2ccccc12. The van der Waals surface area contributed by atoms with Gasteiger partial charge in [0.05, 0.1) is 55.9 Å². The van der Waals surface area contributed by atoms with E-state index in [1.807, 2.05) is 170 Å². The van der Waals surface area contributed by atoms with Gasteiger partial charge in [-0.3, -0.25) is 9.59 Å². The number of hydrogen-bond acceptors (Lipinski definition) is 11. The van der Waals surface area contributed by atoms with E-state index in [1.54, 1.807) is 6.92 Å². The second-order valence-corrected chi connectivity index (χ2v) is 37.2. The normalized spacial score (nSPS) is 12.2. The summed E-state index contributed by atoms with van der Waals surface area (Å²) in [4.78, 5) is 57.2. The Morgan fingerprint density at radius 3 is 1.09 bits per heavy atom. The molecule has 20 aromatic rings.